The molecule has 1 amide bonds. The van der Waals surface area contributed by atoms with E-state index in [4.69, 9.17) is 19.2 Å². The fourth-order valence-electron chi connectivity index (χ4n) is 15.2. The van der Waals surface area contributed by atoms with Crippen molar-refractivity contribution < 1.29 is 43.3 Å². The van der Waals surface area contributed by atoms with Gasteiger partial charge in [-0.3, -0.25) is 24.1 Å². The molecule has 3 fully saturated rings. The Hall–Kier alpha value is -6.49. The standard InChI is InChI=1S/C64H78N6O10/c1-9-63(77)53-31-56-59-43(34-70(56)60(74)52(53)36-78-61(63)75)29-50-51(35-66(6)7)57(23-22-55(50)65-59)79-62(76)69-33-37(2)68(32-38(69)3)27-13-11-10-12-26-67(8)44-17-14-41(15-18-44)49-30-54-47(24-25-64(54,39(4)71)80-40(5)72)48-20-16-42-28-45(73)19-21-46(42)58(48)49/h14-15,17-18,22-23,28-29,31,37-38,47-49,54,77H,9-13,16,19-21,24-27,30,32-36H2,1-8H3/t37-,38+,47+,48+,49-,54?,63+,64+/m1/s1. The summed E-state index contributed by atoms with van der Waals surface area (Å²) in [6.07, 6.45) is 11.2. The number of anilines is 1. The summed E-state index contributed by atoms with van der Waals surface area (Å²) in [7, 11) is 6.08. The maximum absolute atomic E-state index is 14.1. The van der Waals surface area contributed by atoms with E-state index in [0.29, 0.717) is 54.5 Å². The van der Waals surface area contributed by atoms with Crippen LogP contribution < -0.4 is 15.2 Å². The SMILES string of the molecule is CC[C@@]1(O)C(=O)OCc2c1cc1n(c2=O)Cc2cc3c(CN(C)C)c(OC(=O)N4C[C@@H](C)N(CCCCCCN(C)c5ccc([C@H]6CC7[C@@H](CC[C@]7(OC(C)=O)C(C)=O)[C@@H]7CCC8=CC(=O)CCC8=C76)cc5)C[C@@H]4C)ccc3nc2-1. The van der Waals surface area contributed by atoms with Crippen LogP contribution in [0.25, 0.3) is 22.3 Å². The number of ketones is 2. The second-order valence-electron chi connectivity index (χ2n) is 24.4. The van der Waals surface area contributed by atoms with E-state index in [-0.39, 0.29) is 83.8 Å². The summed E-state index contributed by atoms with van der Waals surface area (Å²) >= 11 is 0. The van der Waals surface area contributed by atoms with Gasteiger partial charge < -0.3 is 38.6 Å². The maximum atomic E-state index is 14.1. The first kappa shape index (κ1) is 55.4. The van der Waals surface area contributed by atoms with Crippen LogP contribution in [0.4, 0.5) is 10.5 Å². The summed E-state index contributed by atoms with van der Waals surface area (Å²) in [5, 5.41) is 12.2. The number of piperazine rings is 1. The normalized spacial score (nSPS) is 26.9. The summed E-state index contributed by atoms with van der Waals surface area (Å²) < 4.78 is 19.2. The number of pyridine rings is 2. The van der Waals surface area contributed by atoms with Gasteiger partial charge in [0.2, 0.25) is 0 Å². The zero-order chi connectivity index (χ0) is 56.5. The molecule has 4 aromatic rings. The number of fused-ring (bicyclic) bond motifs is 9. The van der Waals surface area contributed by atoms with Crippen LogP contribution in [0.15, 0.2) is 76.1 Å². The maximum Gasteiger partial charge on any atom is 0.415 e. The Morgan fingerprint density at radius 1 is 0.912 bits per heavy atom. The summed E-state index contributed by atoms with van der Waals surface area (Å²) in [5.74, 6) is 0.0876. The number of nitrogens with zero attached hydrogens (tertiary/aromatic N) is 6. The van der Waals surface area contributed by atoms with Gasteiger partial charge in [0.15, 0.2) is 22.8 Å². The highest BCUT2D eigenvalue weighted by molar-refractivity contribution is 5.93. The fraction of sp³-hybridized carbons (Fsp3) is 0.547. The van der Waals surface area contributed by atoms with Gasteiger partial charge in [-0.05, 0) is 170 Å². The van der Waals surface area contributed by atoms with E-state index < -0.39 is 23.1 Å². The first-order chi connectivity index (χ1) is 38.3. The van der Waals surface area contributed by atoms with E-state index in [1.54, 1.807) is 30.5 Å². The third-order valence-electron chi connectivity index (χ3n) is 19.3. The van der Waals surface area contributed by atoms with E-state index in [1.807, 2.05) is 42.1 Å². The second-order valence-corrected chi connectivity index (χ2v) is 24.4. The third kappa shape index (κ3) is 9.80. The lowest BCUT2D eigenvalue weighted by Crippen LogP contribution is -2.58. The summed E-state index contributed by atoms with van der Waals surface area (Å²) in [6, 6.07) is 16.4. The molecule has 11 rings (SSSR count). The second kappa shape index (κ2) is 21.8. The van der Waals surface area contributed by atoms with Gasteiger partial charge in [0, 0.05) is 98.3 Å². The number of carbonyl (C=O) groups is 5. The average Bonchev–Trinajstić information content (AvgIpc) is 4.15. The van der Waals surface area contributed by atoms with Crippen molar-refractivity contribution in [2.45, 2.75) is 161 Å². The van der Waals surface area contributed by atoms with Gasteiger partial charge in [-0.25, -0.2) is 14.6 Å². The quantitative estimate of drug-likeness (QED) is 0.0774. The van der Waals surface area contributed by atoms with Gasteiger partial charge in [-0.1, -0.05) is 37.5 Å². The molecule has 3 aliphatic heterocycles. The highest BCUT2D eigenvalue weighted by atomic mass is 16.6. The third-order valence-corrected chi connectivity index (χ3v) is 19.3. The van der Waals surface area contributed by atoms with Crippen LogP contribution in [0.3, 0.4) is 0 Å². The van der Waals surface area contributed by atoms with Gasteiger partial charge in [0.05, 0.1) is 29.0 Å². The molecule has 0 spiro atoms. The highest BCUT2D eigenvalue weighted by Crippen LogP contribution is 2.62. The smallest absolute Gasteiger partial charge is 0.415 e. The number of cyclic esters (lactones) is 1. The topological polar surface area (TPSA) is 181 Å². The van der Waals surface area contributed by atoms with Crippen molar-refractivity contribution >= 4 is 46.2 Å². The van der Waals surface area contributed by atoms with Crippen molar-refractivity contribution in [3.63, 3.8) is 0 Å². The van der Waals surface area contributed by atoms with Crippen molar-refractivity contribution in [3.05, 3.63) is 109 Å². The zero-order valence-electron chi connectivity index (χ0n) is 47.9. The molecule has 16 heteroatoms. The number of aliphatic hydroxyl groups is 1. The van der Waals surface area contributed by atoms with Crippen LogP contribution >= 0.6 is 0 Å². The molecule has 0 radical (unpaired) electrons. The molecule has 424 valence electrons. The molecule has 1 unspecified atom stereocenters. The highest BCUT2D eigenvalue weighted by Gasteiger charge is 2.60. The Labute approximate surface area is 469 Å². The number of amides is 1. The van der Waals surface area contributed by atoms with Crippen LogP contribution in [0, 0.1) is 17.8 Å². The molecule has 2 aromatic heterocycles. The lowest BCUT2D eigenvalue weighted by atomic mass is 9.56. The van der Waals surface area contributed by atoms with Crippen LogP contribution in [0.2, 0.25) is 0 Å². The molecule has 80 heavy (non-hydrogen) atoms. The van der Waals surface area contributed by atoms with Crippen LogP contribution in [-0.4, -0.2) is 124 Å². The van der Waals surface area contributed by atoms with E-state index in [9.17, 15) is 33.9 Å². The minimum atomic E-state index is -1.91. The molecular weight excluding hydrogens is 1010 g/mol. The molecule has 8 atom stereocenters. The number of allylic oxidation sites excluding steroid dienone is 4. The minimum absolute atomic E-state index is 0.0436. The summed E-state index contributed by atoms with van der Waals surface area (Å²) in [5.41, 5.74) is 7.09. The molecule has 4 aliphatic carbocycles. The number of esters is 2. The lowest BCUT2D eigenvalue weighted by Gasteiger charge is -2.49. The molecule has 16 nitrogen and oxygen atoms in total. The predicted octanol–water partition coefficient (Wildman–Crippen LogP) is 9.13. The van der Waals surface area contributed by atoms with Crippen LogP contribution in [0.5, 0.6) is 5.75 Å². The Kier molecular flexibility index (Phi) is 15.1. The van der Waals surface area contributed by atoms with Gasteiger partial charge in [-0.15, -0.1) is 0 Å². The van der Waals surface area contributed by atoms with E-state index in [1.165, 1.54) is 29.2 Å². The number of rotatable bonds is 15. The monoisotopic (exact) mass is 1090 g/mol. The Morgan fingerprint density at radius 3 is 2.42 bits per heavy atom. The van der Waals surface area contributed by atoms with Crippen molar-refractivity contribution in [1.82, 2.24) is 24.3 Å². The van der Waals surface area contributed by atoms with Crippen molar-refractivity contribution in [1.29, 1.82) is 0 Å². The number of unbranched alkanes of at least 4 members (excludes halogenated alkanes) is 3. The number of hydrogen-bond acceptors (Lipinski definition) is 14. The van der Waals surface area contributed by atoms with Gasteiger partial charge in [0.25, 0.3) is 5.56 Å². The average molecular weight is 1090 g/mol. The number of aromatic nitrogens is 2. The van der Waals surface area contributed by atoms with Crippen molar-refractivity contribution in [2.75, 3.05) is 52.2 Å². The molecular formula is C64H78N6O10. The number of Topliss-reactive ketones (excluding diaryl/α,β-unsaturated/α-hetero) is 1. The van der Waals surface area contributed by atoms with Gasteiger partial charge >= 0.3 is 18.0 Å². The molecule has 5 heterocycles. The van der Waals surface area contributed by atoms with Crippen molar-refractivity contribution in [3.8, 4) is 17.1 Å². The summed E-state index contributed by atoms with van der Waals surface area (Å²) in [6.45, 7) is 12.7. The number of hydrogen-bond donors (Lipinski definition) is 1. The zero-order valence-corrected chi connectivity index (χ0v) is 47.9. The number of benzene rings is 2. The molecule has 0 bridgehead atoms. The van der Waals surface area contributed by atoms with Crippen LogP contribution in [0.1, 0.15) is 145 Å². The molecule has 7 aliphatic rings. The molecule has 1 N–H and O–H groups in total. The minimum Gasteiger partial charge on any atom is -0.458 e. The molecule has 2 aromatic carbocycles. The first-order valence-electron chi connectivity index (χ1n) is 29.3. The van der Waals surface area contributed by atoms with Crippen molar-refractivity contribution in [2.24, 2.45) is 17.8 Å². The largest absolute Gasteiger partial charge is 0.458 e. The molecule has 2 saturated carbocycles. The lowest BCUT2D eigenvalue weighted by molar-refractivity contribution is -0.172. The van der Waals surface area contributed by atoms with Gasteiger partial charge in [0.1, 0.15) is 12.4 Å². The Morgan fingerprint density at radius 2 is 1.69 bits per heavy atom. The number of carbonyl (C=O) groups excluding carboxylic acids is 5. The predicted molar refractivity (Wildman–Crippen MR) is 304 cm³/mol. The van der Waals surface area contributed by atoms with Crippen LogP contribution in [-0.2, 0) is 53.9 Å². The Balaban J connectivity index is 0.689. The number of ether oxygens (including phenoxy) is 3. The fourth-order valence-corrected chi connectivity index (χ4v) is 15.2. The van der Waals surface area contributed by atoms with E-state index in [0.717, 1.165) is 99.6 Å². The Bertz CT molecular complexity index is 3310. The first-order valence-corrected chi connectivity index (χ1v) is 29.3. The molecule has 1 saturated heterocycles. The van der Waals surface area contributed by atoms with E-state index >= 15 is 0 Å². The van der Waals surface area contributed by atoms with Gasteiger partial charge in [-0.2, -0.15) is 0 Å². The van der Waals surface area contributed by atoms with E-state index in [2.05, 4.69) is 55.0 Å². The summed E-state index contributed by atoms with van der Waals surface area (Å²) in [4.78, 5) is 92.9.